The van der Waals surface area contributed by atoms with Gasteiger partial charge in [0, 0.05) is 11.1 Å². The number of hydrogen-bond acceptors (Lipinski definition) is 1. The number of rotatable bonds is 0. The maximum absolute atomic E-state index is 6.13. The molecular formula is C23H13AlO. The summed E-state index contributed by atoms with van der Waals surface area (Å²) in [7, 11) is 0. The zero-order chi connectivity index (χ0) is 16.6. The van der Waals surface area contributed by atoms with Crippen molar-refractivity contribution in [2.45, 2.75) is 5.41 Å². The normalized spacial score (nSPS) is 14.9. The summed E-state index contributed by atoms with van der Waals surface area (Å²) in [6, 6.07) is 28.5. The fourth-order valence-corrected chi connectivity index (χ4v) is 5.14. The van der Waals surface area contributed by atoms with E-state index in [1.165, 1.54) is 38.9 Å². The van der Waals surface area contributed by atoms with Crippen molar-refractivity contribution < 1.29 is 4.42 Å². The first-order valence-electron chi connectivity index (χ1n) is 8.51. The molecule has 2 aliphatic carbocycles. The third kappa shape index (κ3) is 1.47. The maximum Gasteiger partial charge on any atom is 0.241 e. The number of fused-ring (bicyclic) bond motifs is 10. The van der Waals surface area contributed by atoms with Gasteiger partial charge in [-0.05, 0) is 38.5 Å². The summed E-state index contributed by atoms with van der Waals surface area (Å²) < 4.78 is 7.02. The molecule has 6 rings (SSSR count). The SMILES string of the molecule is [Al][c]1cc2c(o1)-c1ccccc1C21c2ccccc2-c2ccccc21. The van der Waals surface area contributed by atoms with Gasteiger partial charge in [0.15, 0.2) is 0 Å². The molecule has 0 fully saturated rings. The van der Waals surface area contributed by atoms with E-state index in [0.29, 0.717) is 0 Å². The van der Waals surface area contributed by atoms with Gasteiger partial charge in [0.2, 0.25) is 16.3 Å². The van der Waals surface area contributed by atoms with Crippen LogP contribution in [0.15, 0.2) is 83.3 Å². The predicted octanol–water partition coefficient (Wildman–Crippen LogP) is 4.42. The fraction of sp³-hybridized carbons (Fsp3) is 0.0435. The van der Waals surface area contributed by atoms with E-state index in [9.17, 15) is 0 Å². The molecule has 114 valence electrons. The van der Waals surface area contributed by atoms with E-state index >= 15 is 0 Å². The third-order valence-electron chi connectivity index (χ3n) is 5.68. The van der Waals surface area contributed by atoms with E-state index in [-0.39, 0.29) is 5.41 Å². The lowest BCUT2D eigenvalue weighted by atomic mass is 9.71. The summed E-state index contributed by atoms with van der Waals surface area (Å²) in [6.07, 6.45) is 0. The average molecular weight is 332 g/mol. The average Bonchev–Trinajstić information content (AvgIpc) is 3.26. The smallest absolute Gasteiger partial charge is 0.241 e. The Labute approximate surface area is 154 Å². The van der Waals surface area contributed by atoms with Crippen molar-refractivity contribution in [3.63, 3.8) is 0 Å². The molecule has 3 aromatic carbocycles. The van der Waals surface area contributed by atoms with Gasteiger partial charge in [-0.3, -0.25) is 0 Å². The van der Waals surface area contributed by atoms with E-state index < -0.39 is 0 Å². The number of benzene rings is 3. The van der Waals surface area contributed by atoms with Gasteiger partial charge in [0.25, 0.3) is 0 Å². The van der Waals surface area contributed by atoms with E-state index in [4.69, 9.17) is 4.42 Å². The van der Waals surface area contributed by atoms with E-state index in [0.717, 1.165) is 10.4 Å². The van der Waals surface area contributed by atoms with Crippen LogP contribution in [-0.4, -0.2) is 16.3 Å². The van der Waals surface area contributed by atoms with Gasteiger partial charge in [-0.2, -0.15) is 0 Å². The lowest BCUT2D eigenvalue weighted by Gasteiger charge is -2.29. The molecule has 2 radical (unpaired) electrons. The summed E-state index contributed by atoms with van der Waals surface area (Å²) in [5.41, 5.74) is 8.89. The zero-order valence-corrected chi connectivity index (χ0v) is 14.6. The standard InChI is InChI=1S/C23H13O.Al/c1-4-10-18-15(7-1)16-8-2-5-11-19(16)23(18)20-12-6-3-9-17(20)22-21(23)13-14-24-22;/h1-13H;. The highest BCUT2D eigenvalue weighted by atomic mass is 27.0. The molecular weight excluding hydrogens is 319 g/mol. The van der Waals surface area contributed by atoms with Crippen molar-refractivity contribution >= 4 is 20.9 Å². The molecule has 1 spiro atoms. The van der Waals surface area contributed by atoms with Crippen molar-refractivity contribution in [2.75, 3.05) is 0 Å². The van der Waals surface area contributed by atoms with Crippen molar-refractivity contribution in [2.24, 2.45) is 0 Å². The van der Waals surface area contributed by atoms with E-state index in [1.807, 2.05) is 0 Å². The second-order valence-electron chi connectivity index (χ2n) is 6.78. The van der Waals surface area contributed by atoms with Crippen molar-refractivity contribution in [1.29, 1.82) is 0 Å². The summed E-state index contributed by atoms with van der Waals surface area (Å²) in [5, 5.41) is 0. The van der Waals surface area contributed by atoms with Crippen molar-refractivity contribution in [3.8, 4) is 22.5 Å². The molecule has 0 N–H and O–H groups in total. The Morgan fingerprint density at radius 1 is 0.600 bits per heavy atom. The molecule has 1 aromatic heterocycles. The molecule has 0 aliphatic heterocycles. The first-order chi connectivity index (χ1) is 12.3. The molecule has 0 bridgehead atoms. The summed E-state index contributed by atoms with van der Waals surface area (Å²) in [5.74, 6) is 1.01. The maximum atomic E-state index is 6.13. The van der Waals surface area contributed by atoms with Crippen LogP contribution in [0.2, 0.25) is 0 Å². The van der Waals surface area contributed by atoms with Crippen LogP contribution in [0, 0.1) is 0 Å². The molecule has 0 atom stereocenters. The molecule has 0 saturated heterocycles. The third-order valence-corrected chi connectivity index (χ3v) is 5.97. The Morgan fingerprint density at radius 3 is 1.68 bits per heavy atom. The Hall–Kier alpha value is -2.53. The molecule has 1 nitrogen and oxygen atoms in total. The molecule has 1 heterocycles. The van der Waals surface area contributed by atoms with Gasteiger partial charge in [-0.25, -0.2) is 0 Å². The van der Waals surface area contributed by atoms with Crippen LogP contribution in [-0.2, 0) is 5.41 Å². The molecule has 2 heteroatoms. The zero-order valence-electron chi connectivity index (χ0n) is 13.5. The first-order valence-corrected chi connectivity index (χ1v) is 9.08. The van der Waals surface area contributed by atoms with Crippen molar-refractivity contribution in [1.82, 2.24) is 0 Å². The Bertz CT molecular complexity index is 1120. The lowest BCUT2D eigenvalue weighted by Crippen LogP contribution is -2.25. The highest BCUT2D eigenvalue weighted by molar-refractivity contribution is 6.30. The predicted molar refractivity (Wildman–Crippen MR) is 100 cm³/mol. The minimum Gasteiger partial charge on any atom is -0.482 e. The Balaban J connectivity index is 1.88. The van der Waals surface area contributed by atoms with Gasteiger partial charge in [0.05, 0.1) is 5.41 Å². The summed E-state index contributed by atoms with van der Waals surface area (Å²) >= 11 is 2.71. The van der Waals surface area contributed by atoms with Crippen LogP contribution in [0.4, 0.5) is 0 Å². The molecule has 25 heavy (non-hydrogen) atoms. The second kappa shape index (κ2) is 4.55. The highest BCUT2D eigenvalue weighted by Gasteiger charge is 2.52. The van der Waals surface area contributed by atoms with Crippen LogP contribution in [0.1, 0.15) is 22.3 Å². The van der Waals surface area contributed by atoms with Gasteiger partial charge < -0.3 is 4.42 Å². The summed E-state index contributed by atoms with van der Waals surface area (Å²) in [6.45, 7) is 0. The Kier molecular flexibility index (Phi) is 2.50. The van der Waals surface area contributed by atoms with Crippen LogP contribution < -0.4 is 4.62 Å². The van der Waals surface area contributed by atoms with Crippen LogP contribution in [0.25, 0.3) is 22.5 Å². The van der Waals surface area contributed by atoms with Crippen molar-refractivity contribution in [3.05, 3.63) is 101 Å². The topological polar surface area (TPSA) is 13.1 Å². The molecule has 0 amide bonds. The minimum absolute atomic E-state index is 0.266. The Morgan fingerprint density at radius 2 is 1.08 bits per heavy atom. The van der Waals surface area contributed by atoms with E-state index in [1.54, 1.807) is 0 Å². The van der Waals surface area contributed by atoms with Crippen LogP contribution in [0.5, 0.6) is 0 Å². The van der Waals surface area contributed by atoms with Gasteiger partial charge in [-0.1, -0.05) is 72.8 Å². The van der Waals surface area contributed by atoms with Gasteiger partial charge >= 0.3 is 0 Å². The van der Waals surface area contributed by atoms with Gasteiger partial charge in [-0.15, -0.1) is 0 Å². The minimum atomic E-state index is -0.266. The molecule has 0 saturated carbocycles. The number of hydrogen-bond donors (Lipinski definition) is 0. The molecule has 0 unspecified atom stereocenters. The molecule has 2 aliphatic rings. The van der Waals surface area contributed by atoms with Gasteiger partial charge in [0.1, 0.15) is 5.76 Å². The van der Waals surface area contributed by atoms with E-state index in [2.05, 4.69) is 95.2 Å². The summed E-state index contributed by atoms with van der Waals surface area (Å²) in [4.78, 5) is 0. The first kappa shape index (κ1) is 13.7. The molecule has 4 aromatic rings. The largest absolute Gasteiger partial charge is 0.482 e. The second-order valence-corrected chi connectivity index (χ2v) is 7.35. The van der Waals surface area contributed by atoms with Crippen LogP contribution >= 0.6 is 0 Å². The fourth-order valence-electron chi connectivity index (χ4n) is 4.86. The number of furan rings is 1. The monoisotopic (exact) mass is 332 g/mol. The lowest BCUT2D eigenvalue weighted by molar-refractivity contribution is 0.615. The quantitative estimate of drug-likeness (QED) is 0.375. The van der Waals surface area contributed by atoms with Crippen LogP contribution in [0.3, 0.4) is 0 Å². The highest BCUT2D eigenvalue weighted by Crippen LogP contribution is 2.62.